The van der Waals surface area contributed by atoms with Gasteiger partial charge in [-0.05, 0) is 26.9 Å². The molecular formula is C12H28N4. The molecule has 0 bridgehead atoms. The van der Waals surface area contributed by atoms with Gasteiger partial charge in [-0.25, -0.2) is 0 Å². The van der Waals surface area contributed by atoms with Crippen molar-refractivity contribution < 1.29 is 0 Å². The Morgan fingerprint density at radius 1 is 0.812 bits per heavy atom. The molecule has 0 amide bonds. The lowest BCUT2D eigenvalue weighted by Gasteiger charge is -2.41. The molecule has 0 aromatic rings. The lowest BCUT2D eigenvalue weighted by atomic mass is 10.2. The third kappa shape index (κ3) is 3.42. The highest BCUT2D eigenvalue weighted by Gasteiger charge is 2.24. The molecule has 1 aliphatic rings. The second kappa shape index (κ2) is 7.22. The fourth-order valence-corrected chi connectivity index (χ4v) is 2.65. The molecule has 0 aromatic heterocycles. The van der Waals surface area contributed by atoms with E-state index in [-0.39, 0.29) is 0 Å². The minimum atomic E-state index is 0.553. The number of hydrogen-bond acceptors (Lipinski definition) is 4. The smallest absolute Gasteiger partial charge is 0.0592 e. The highest BCUT2D eigenvalue weighted by Crippen LogP contribution is 2.10. The minimum absolute atomic E-state index is 0.553. The van der Waals surface area contributed by atoms with Crippen molar-refractivity contribution >= 4 is 0 Å². The molecule has 96 valence electrons. The highest BCUT2D eigenvalue weighted by molar-refractivity contribution is 4.78. The van der Waals surface area contributed by atoms with E-state index < -0.39 is 0 Å². The summed E-state index contributed by atoms with van der Waals surface area (Å²) in [6.07, 6.45) is 3.47. The van der Waals surface area contributed by atoms with Crippen molar-refractivity contribution in [3.63, 3.8) is 0 Å². The summed E-state index contributed by atoms with van der Waals surface area (Å²) in [7, 11) is 4.12. The van der Waals surface area contributed by atoms with E-state index in [1.54, 1.807) is 0 Å². The molecule has 4 heteroatoms. The van der Waals surface area contributed by atoms with Crippen LogP contribution in [0.5, 0.6) is 0 Å². The summed E-state index contributed by atoms with van der Waals surface area (Å²) in [4.78, 5) is 5.11. The zero-order chi connectivity index (χ0) is 12.0. The SMILES string of the molecule is CCC(NC)N1CCN(C(CC)NC)CC1. The molecule has 16 heavy (non-hydrogen) atoms. The maximum Gasteiger partial charge on any atom is 0.0592 e. The van der Waals surface area contributed by atoms with Crippen LogP contribution in [0.3, 0.4) is 0 Å². The van der Waals surface area contributed by atoms with Crippen molar-refractivity contribution in [3.05, 3.63) is 0 Å². The molecule has 1 aliphatic heterocycles. The first-order valence-electron chi connectivity index (χ1n) is 6.59. The molecule has 0 radical (unpaired) electrons. The van der Waals surface area contributed by atoms with Crippen molar-refractivity contribution in [2.75, 3.05) is 40.3 Å². The van der Waals surface area contributed by atoms with Gasteiger partial charge in [0, 0.05) is 26.2 Å². The van der Waals surface area contributed by atoms with Crippen LogP contribution in [0.25, 0.3) is 0 Å². The maximum absolute atomic E-state index is 3.39. The first-order chi connectivity index (χ1) is 7.76. The van der Waals surface area contributed by atoms with Crippen LogP contribution < -0.4 is 10.6 Å². The van der Waals surface area contributed by atoms with E-state index in [1.165, 1.54) is 39.0 Å². The Morgan fingerprint density at radius 3 is 1.31 bits per heavy atom. The summed E-state index contributed by atoms with van der Waals surface area (Å²) in [6.45, 7) is 9.20. The van der Waals surface area contributed by atoms with Gasteiger partial charge in [0.1, 0.15) is 0 Å². The predicted molar refractivity (Wildman–Crippen MR) is 69.4 cm³/mol. The number of hydrogen-bond donors (Lipinski definition) is 2. The summed E-state index contributed by atoms with van der Waals surface area (Å²) in [6, 6.07) is 0. The average Bonchev–Trinajstić information content (AvgIpc) is 2.34. The minimum Gasteiger partial charge on any atom is -0.305 e. The molecule has 0 spiro atoms. The quantitative estimate of drug-likeness (QED) is 0.694. The lowest BCUT2D eigenvalue weighted by Crippen LogP contribution is -2.57. The van der Waals surface area contributed by atoms with Gasteiger partial charge in [0.05, 0.1) is 12.3 Å². The Morgan fingerprint density at radius 2 is 1.12 bits per heavy atom. The molecule has 2 N–H and O–H groups in total. The van der Waals surface area contributed by atoms with E-state index in [9.17, 15) is 0 Å². The van der Waals surface area contributed by atoms with Crippen LogP contribution in [0.2, 0.25) is 0 Å². The highest BCUT2D eigenvalue weighted by atomic mass is 15.4. The zero-order valence-corrected chi connectivity index (χ0v) is 11.3. The second-order valence-electron chi connectivity index (χ2n) is 4.50. The molecule has 1 heterocycles. The van der Waals surface area contributed by atoms with E-state index >= 15 is 0 Å². The van der Waals surface area contributed by atoms with Gasteiger partial charge in [-0.3, -0.25) is 9.80 Å². The second-order valence-corrected chi connectivity index (χ2v) is 4.50. The van der Waals surface area contributed by atoms with Crippen molar-refractivity contribution in [2.45, 2.75) is 39.0 Å². The van der Waals surface area contributed by atoms with Crippen LogP contribution in [0.15, 0.2) is 0 Å². The van der Waals surface area contributed by atoms with E-state index in [0.29, 0.717) is 12.3 Å². The van der Waals surface area contributed by atoms with Crippen LogP contribution in [-0.2, 0) is 0 Å². The van der Waals surface area contributed by atoms with Gasteiger partial charge in [-0.1, -0.05) is 13.8 Å². The largest absolute Gasteiger partial charge is 0.305 e. The normalized spacial score (nSPS) is 23.2. The van der Waals surface area contributed by atoms with Gasteiger partial charge >= 0.3 is 0 Å². The number of rotatable bonds is 6. The molecule has 2 atom stereocenters. The van der Waals surface area contributed by atoms with E-state index in [0.717, 1.165) is 0 Å². The maximum atomic E-state index is 3.39. The van der Waals surface area contributed by atoms with Crippen molar-refractivity contribution in [1.29, 1.82) is 0 Å². The summed E-state index contributed by atoms with van der Waals surface area (Å²) in [5, 5.41) is 6.77. The predicted octanol–water partition coefficient (Wildman–Crippen LogP) is 0.515. The van der Waals surface area contributed by atoms with Gasteiger partial charge in [0.2, 0.25) is 0 Å². The van der Waals surface area contributed by atoms with Gasteiger partial charge in [0.15, 0.2) is 0 Å². The van der Waals surface area contributed by atoms with Crippen molar-refractivity contribution in [1.82, 2.24) is 20.4 Å². The average molecular weight is 228 g/mol. The van der Waals surface area contributed by atoms with Gasteiger partial charge in [-0.15, -0.1) is 0 Å². The third-order valence-corrected chi connectivity index (χ3v) is 3.67. The Hall–Kier alpha value is -0.160. The first kappa shape index (κ1) is 13.9. The number of piperazine rings is 1. The van der Waals surface area contributed by atoms with Crippen molar-refractivity contribution in [3.8, 4) is 0 Å². The summed E-state index contributed by atoms with van der Waals surface area (Å²) in [5.41, 5.74) is 0. The fourth-order valence-electron chi connectivity index (χ4n) is 2.65. The molecule has 0 aromatic carbocycles. The van der Waals surface area contributed by atoms with E-state index in [4.69, 9.17) is 0 Å². The Labute approximate surface area is 100 Å². The topological polar surface area (TPSA) is 30.5 Å². The molecule has 0 aliphatic carbocycles. The van der Waals surface area contributed by atoms with Crippen molar-refractivity contribution in [2.24, 2.45) is 0 Å². The lowest BCUT2D eigenvalue weighted by molar-refractivity contribution is 0.0504. The Balaban J connectivity index is 2.38. The standard InChI is InChI=1S/C12H28N4/c1-5-11(13-3)15-7-9-16(10-8-15)12(6-2)14-4/h11-14H,5-10H2,1-4H3. The van der Waals surface area contributed by atoms with E-state index in [2.05, 4.69) is 48.4 Å². The summed E-state index contributed by atoms with van der Waals surface area (Å²) >= 11 is 0. The molecular weight excluding hydrogens is 200 g/mol. The number of nitrogens with one attached hydrogen (secondary N) is 2. The monoisotopic (exact) mass is 228 g/mol. The Kier molecular flexibility index (Phi) is 6.28. The summed E-state index contributed by atoms with van der Waals surface area (Å²) in [5.74, 6) is 0. The molecule has 4 nitrogen and oxygen atoms in total. The molecule has 1 rings (SSSR count). The van der Waals surface area contributed by atoms with E-state index in [1.807, 2.05) is 0 Å². The first-order valence-corrected chi connectivity index (χ1v) is 6.59. The fraction of sp³-hybridized carbons (Fsp3) is 1.00. The number of nitrogens with zero attached hydrogens (tertiary/aromatic N) is 2. The van der Waals surface area contributed by atoms with Crippen LogP contribution in [0.1, 0.15) is 26.7 Å². The van der Waals surface area contributed by atoms with Crippen LogP contribution in [-0.4, -0.2) is 62.4 Å². The molecule has 1 saturated heterocycles. The summed E-state index contributed by atoms with van der Waals surface area (Å²) < 4.78 is 0. The zero-order valence-electron chi connectivity index (χ0n) is 11.3. The molecule has 0 saturated carbocycles. The molecule has 1 fully saturated rings. The third-order valence-electron chi connectivity index (χ3n) is 3.67. The van der Waals surface area contributed by atoms with Crippen LogP contribution >= 0.6 is 0 Å². The Bertz CT molecular complexity index is 150. The van der Waals surface area contributed by atoms with Gasteiger partial charge < -0.3 is 10.6 Å². The molecule has 2 unspecified atom stereocenters. The van der Waals surface area contributed by atoms with Crippen LogP contribution in [0, 0.1) is 0 Å². The van der Waals surface area contributed by atoms with Gasteiger partial charge in [-0.2, -0.15) is 0 Å². The van der Waals surface area contributed by atoms with Crippen LogP contribution in [0.4, 0.5) is 0 Å². The van der Waals surface area contributed by atoms with Gasteiger partial charge in [0.25, 0.3) is 0 Å².